The van der Waals surface area contributed by atoms with Crippen molar-refractivity contribution in [3.63, 3.8) is 0 Å². The Hall–Kier alpha value is -5.66. The fourth-order valence-electron chi connectivity index (χ4n) is 9.68. The predicted molar refractivity (Wildman–Crippen MR) is 258 cm³/mol. The lowest BCUT2D eigenvalue weighted by Gasteiger charge is -2.43. The molecule has 9 rings (SSSR count). The number of ether oxygens (including phenoxy) is 3. The Balaban J connectivity index is 0.765. The predicted octanol–water partition coefficient (Wildman–Crippen LogP) is 5.85. The van der Waals surface area contributed by atoms with Gasteiger partial charge in [-0.1, -0.05) is 17.9 Å². The van der Waals surface area contributed by atoms with E-state index in [-0.39, 0.29) is 18.2 Å². The summed E-state index contributed by atoms with van der Waals surface area (Å²) in [5, 5.41) is 9.67. The van der Waals surface area contributed by atoms with Crippen LogP contribution in [0.5, 0.6) is 17.2 Å². The highest BCUT2D eigenvalue weighted by Gasteiger charge is 2.40. The van der Waals surface area contributed by atoms with E-state index in [9.17, 15) is 18.9 Å². The maximum absolute atomic E-state index is 13.5. The number of piperazine rings is 1. The van der Waals surface area contributed by atoms with Crippen molar-refractivity contribution in [1.82, 2.24) is 30.0 Å². The van der Waals surface area contributed by atoms with Crippen LogP contribution in [-0.2, 0) is 20.7 Å². The standard InChI is InChI=1S/C48H55BrN9O7P/c1-30-26-37(52-48-50-28-35(49)45(54-48)51-36-11-13-40-43(65-25-24-64-40)44(36)66(3,4)62)41(63-2)27-39(30)57-18-15-32(16-19-57)56-22-20-55(21-23-56)17-6-5-8-31-9-7-10-33-34(31)29-58(47(33)61)38-12-14-42(59)53-46(38)60/h7,9-11,13,26-28,32,38H,6,12,14-25,29H2,1-4H3,(H,53,59,60)(H2,50,51,52,54). The average Bonchev–Trinajstić information content (AvgIpc) is 3.64. The second-order valence-corrected chi connectivity index (χ2v) is 21.7. The van der Waals surface area contributed by atoms with E-state index in [0.29, 0.717) is 82.3 Å². The number of amides is 3. The number of rotatable bonds is 11. The van der Waals surface area contributed by atoms with Gasteiger partial charge in [0.15, 0.2) is 11.5 Å². The molecule has 16 nitrogen and oxygen atoms in total. The van der Waals surface area contributed by atoms with Crippen LogP contribution in [0.4, 0.5) is 28.8 Å². The van der Waals surface area contributed by atoms with Crippen LogP contribution in [0.1, 0.15) is 59.2 Å². The Kier molecular flexibility index (Phi) is 13.3. The van der Waals surface area contributed by atoms with E-state index in [1.54, 1.807) is 37.6 Å². The Bertz CT molecular complexity index is 2670. The lowest BCUT2D eigenvalue weighted by Crippen LogP contribution is -2.53. The number of halogens is 1. The topological polar surface area (TPSA) is 171 Å². The minimum absolute atomic E-state index is 0.180. The van der Waals surface area contributed by atoms with Crippen molar-refractivity contribution < 1.29 is 33.2 Å². The summed E-state index contributed by atoms with van der Waals surface area (Å²) >= 11 is 3.59. The number of anilines is 5. The monoisotopic (exact) mass is 979 g/mol. The number of hydrogen-bond donors (Lipinski definition) is 3. The normalized spacial score (nSPS) is 19.2. The van der Waals surface area contributed by atoms with Gasteiger partial charge in [-0.2, -0.15) is 4.98 Å². The van der Waals surface area contributed by atoms with E-state index in [0.717, 1.165) is 93.1 Å². The van der Waals surface area contributed by atoms with Gasteiger partial charge in [0.25, 0.3) is 5.91 Å². The molecule has 5 aliphatic heterocycles. The highest BCUT2D eigenvalue weighted by Crippen LogP contribution is 2.47. The number of carbonyl (C=O) groups excluding carboxylic acids is 3. The molecule has 1 atom stereocenters. The first-order chi connectivity index (χ1) is 31.8. The van der Waals surface area contributed by atoms with Crippen molar-refractivity contribution in [2.24, 2.45) is 0 Å². The summed E-state index contributed by atoms with van der Waals surface area (Å²) in [7, 11) is -1.12. The van der Waals surface area contributed by atoms with E-state index >= 15 is 0 Å². The zero-order valence-corrected chi connectivity index (χ0v) is 40.2. The van der Waals surface area contributed by atoms with E-state index in [1.807, 2.05) is 24.3 Å². The maximum Gasteiger partial charge on any atom is 0.255 e. The molecule has 346 valence electrons. The number of methoxy groups -OCH3 is 1. The summed E-state index contributed by atoms with van der Waals surface area (Å²) in [6.45, 7) is 13.5. The number of imide groups is 1. The minimum Gasteiger partial charge on any atom is -0.494 e. The molecule has 0 radical (unpaired) electrons. The molecular formula is C48H55BrN9O7P. The Morgan fingerprint density at radius 3 is 2.52 bits per heavy atom. The van der Waals surface area contributed by atoms with Crippen molar-refractivity contribution in [2.45, 2.75) is 57.7 Å². The molecule has 3 saturated heterocycles. The highest BCUT2D eigenvalue weighted by atomic mass is 79.9. The maximum atomic E-state index is 13.5. The van der Waals surface area contributed by atoms with Gasteiger partial charge in [0.1, 0.15) is 38.0 Å². The molecule has 3 fully saturated rings. The third-order valence-electron chi connectivity index (χ3n) is 13.1. The van der Waals surface area contributed by atoms with Gasteiger partial charge in [0.2, 0.25) is 17.8 Å². The third-order valence-corrected chi connectivity index (χ3v) is 15.2. The number of aromatic nitrogens is 2. The summed E-state index contributed by atoms with van der Waals surface area (Å²) in [6.07, 6.45) is 5.13. The number of carbonyl (C=O) groups is 3. The van der Waals surface area contributed by atoms with Gasteiger partial charge in [-0.25, -0.2) is 4.98 Å². The Labute approximate surface area is 393 Å². The summed E-state index contributed by atoms with van der Waals surface area (Å²) in [5.41, 5.74) is 5.90. The van der Waals surface area contributed by atoms with Crippen LogP contribution in [0.2, 0.25) is 0 Å². The number of aryl methyl sites for hydroxylation is 1. The van der Waals surface area contributed by atoms with E-state index in [1.165, 1.54) is 0 Å². The van der Waals surface area contributed by atoms with Gasteiger partial charge >= 0.3 is 0 Å². The van der Waals surface area contributed by atoms with E-state index < -0.39 is 19.1 Å². The van der Waals surface area contributed by atoms with Gasteiger partial charge in [-0.05, 0) is 96.9 Å². The summed E-state index contributed by atoms with van der Waals surface area (Å²) in [4.78, 5) is 55.9. The zero-order chi connectivity index (χ0) is 46.1. The van der Waals surface area contributed by atoms with Gasteiger partial charge in [-0.3, -0.25) is 29.5 Å². The van der Waals surface area contributed by atoms with Crippen molar-refractivity contribution in [2.75, 3.05) is 95.0 Å². The number of benzene rings is 3. The van der Waals surface area contributed by atoms with Crippen molar-refractivity contribution in [3.05, 3.63) is 75.4 Å². The summed E-state index contributed by atoms with van der Waals surface area (Å²) in [6, 6.07) is 13.3. The molecule has 3 N–H and O–H groups in total. The first kappa shape index (κ1) is 45.5. The average molecular weight is 981 g/mol. The molecule has 0 bridgehead atoms. The summed E-state index contributed by atoms with van der Waals surface area (Å²) < 4.78 is 31.8. The second-order valence-electron chi connectivity index (χ2n) is 17.7. The van der Waals surface area contributed by atoms with Crippen LogP contribution in [-0.4, -0.2) is 134 Å². The van der Waals surface area contributed by atoms with Crippen LogP contribution in [0.25, 0.3) is 0 Å². The molecule has 0 saturated carbocycles. The van der Waals surface area contributed by atoms with Crippen molar-refractivity contribution in [3.8, 4) is 29.1 Å². The van der Waals surface area contributed by atoms with Gasteiger partial charge < -0.3 is 39.2 Å². The fraction of sp³-hybridized carbons (Fsp3) is 0.438. The lowest BCUT2D eigenvalue weighted by atomic mass is 10.0. The van der Waals surface area contributed by atoms with E-state index in [4.69, 9.17) is 19.2 Å². The summed E-state index contributed by atoms with van der Waals surface area (Å²) in [5.74, 6) is 8.41. The minimum atomic E-state index is -2.79. The third kappa shape index (κ3) is 9.60. The molecular weight excluding hydrogens is 925 g/mol. The van der Waals surface area contributed by atoms with Crippen molar-refractivity contribution in [1.29, 1.82) is 0 Å². The molecule has 4 aromatic rings. The number of fused-ring (bicyclic) bond motifs is 2. The fourth-order valence-corrected chi connectivity index (χ4v) is 11.3. The van der Waals surface area contributed by atoms with Crippen LogP contribution < -0.4 is 40.4 Å². The quantitative estimate of drug-likeness (QED) is 0.0929. The van der Waals surface area contributed by atoms with Crippen LogP contribution in [0.15, 0.2) is 53.1 Å². The molecule has 0 spiro atoms. The largest absolute Gasteiger partial charge is 0.494 e. The first-order valence-corrected chi connectivity index (χ1v) is 25.9. The van der Waals surface area contributed by atoms with Crippen molar-refractivity contribution >= 4 is 74.9 Å². The molecule has 1 aromatic heterocycles. The van der Waals surface area contributed by atoms with E-state index in [2.05, 4.69) is 82.5 Å². The number of hydrogen-bond acceptors (Lipinski definition) is 14. The molecule has 6 heterocycles. The van der Waals surface area contributed by atoms with Gasteiger partial charge in [0, 0.05) is 100 Å². The number of piperidine rings is 2. The van der Waals surface area contributed by atoms with Crippen LogP contribution >= 0.6 is 23.1 Å². The molecule has 18 heteroatoms. The Morgan fingerprint density at radius 2 is 1.76 bits per heavy atom. The zero-order valence-electron chi connectivity index (χ0n) is 37.7. The van der Waals surface area contributed by atoms with Crippen LogP contribution in [0.3, 0.4) is 0 Å². The smallest absolute Gasteiger partial charge is 0.255 e. The number of nitrogens with zero attached hydrogens (tertiary/aromatic N) is 6. The second kappa shape index (κ2) is 19.3. The first-order valence-electron chi connectivity index (χ1n) is 22.5. The molecule has 3 aromatic carbocycles. The molecule has 1 unspecified atom stereocenters. The highest BCUT2D eigenvalue weighted by molar-refractivity contribution is 9.10. The molecule has 5 aliphatic rings. The molecule has 66 heavy (non-hydrogen) atoms. The van der Waals surface area contributed by atoms with Crippen LogP contribution in [0, 0.1) is 18.8 Å². The van der Waals surface area contributed by atoms with Gasteiger partial charge in [-0.15, -0.1) is 0 Å². The molecule has 0 aliphatic carbocycles. The Morgan fingerprint density at radius 1 is 0.970 bits per heavy atom. The number of nitrogens with one attached hydrogen (secondary N) is 3. The van der Waals surface area contributed by atoms with Gasteiger partial charge in [0.05, 0.1) is 28.3 Å². The SMILES string of the molecule is COc1cc(N2CCC(N3CCN(CCC#Cc4cccc5c4CN(C4CCC(=O)NC4=O)C5=O)CC3)CC2)c(C)cc1Nc1ncc(Br)c(Nc2ccc3c(c2P(C)(C)=O)OCCO3)n1. The lowest BCUT2D eigenvalue weighted by molar-refractivity contribution is -0.136. The molecule has 3 amide bonds.